The van der Waals surface area contributed by atoms with E-state index in [4.69, 9.17) is 4.74 Å². The SMILES string of the molecule is Cc1ccc2nc(C(F)(F)F)cc(N[C@H]3CCC[C@@H](NC(=O)c4ccc5c(c4)CN(C(=O)OC(C)(C)C)CC5)C3)c2c1. The van der Waals surface area contributed by atoms with Crippen molar-refractivity contribution < 1.29 is 27.5 Å². The van der Waals surface area contributed by atoms with Gasteiger partial charge < -0.3 is 20.3 Å². The van der Waals surface area contributed by atoms with Crippen LogP contribution >= 0.6 is 0 Å². The van der Waals surface area contributed by atoms with Crippen molar-refractivity contribution in [3.05, 3.63) is 70.4 Å². The summed E-state index contributed by atoms with van der Waals surface area (Å²) < 4.78 is 46.3. The molecule has 0 saturated heterocycles. The highest BCUT2D eigenvalue weighted by atomic mass is 19.4. The molecular formula is C32H37F3N4O3. The van der Waals surface area contributed by atoms with Crippen LogP contribution in [-0.2, 0) is 23.9 Å². The summed E-state index contributed by atoms with van der Waals surface area (Å²) in [7, 11) is 0. The number of hydrogen-bond donors (Lipinski definition) is 2. The third kappa shape index (κ3) is 6.97. The quantitative estimate of drug-likeness (QED) is 0.346. The Labute approximate surface area is 243 Å². The summed E-state index contributed by atoms with van der Waals surface area (Å²) in [5.74, 6) is -0.206. The van der Waals surface area contributed by atoms with E-state index in [0.29, 0.717) is 42.6 Å². The van der Waals surface area contributed by atoms with Crippen LogP contribution in [0.5, 0.6) is 0 Å². The van der Waals surface area contributed by atoms with Crippen molar-refractivity contribution in [2.75, 3.05) is 11.9 Å². The molecule has 224 valence electrons. The van der Waals surface area contributed by atoms with Crippen LogP contribution in [0, 0.1) is 6.92 Å². The van der Waals surface area contributed by atoms with E-state index in [1.807, 2.05) is 45.9 Å². The molecule has 2 atom stereocenters. The topological polar surface area (TPSA) is 83.6 Å². The van der Waals surface area contributed by atoms with E-state index in [1.54, 1.807) is 23.1 Å². The number of benzene rings is 2. The molecule has 1 saturated carbocycles. The Hall–Kier alpha value is -3.82. The standard InChI is InChI=1S/C32H37F3N4O3/c1-19-8-11-26-25(14-19)27(17-28(38-26)32(33,34)35)36-23-6-5-7-24(16-23)37-29(40)21-10-9-20-12-13-39(18-22(20)15-21)30(41)42-31(2,3)4/h8-11,14-15,17,23-24H,5-7,12-13,16,18H2,1-4H3,(H,36,38)(H,37,40)/t23-,24+/m0/s1. The normalized spacial score (nSPS) is 19.3. The van der Waals surface area contributed by atoms with E-state index < -0.39 is 17.5 Å². The zero-order valence-electron chi connectivity index (χ0n) is 24.4. The lowest BCUT2D eigenvalue weighted by molar-refractivity contribution is -0.140. The molecule has 1 fully saturated rings. The van der Waals surface area contributed by atoms with E-state index in [9.17, 15) is 22.8 Å². The van der Waals surface area contributed by atoms with Gasteiger partial charge in [-0.05, 0) is 101 Å². The second kappa shape index (κ2) is 11.5. The average Bonchev–Trinajstić information content (AvgIpc) is 2.91. The number of aromatic nitrogens is 1. The fraction of sp³-hybridized carbons (Fsp3) is 0.469. The molecule has 2 heterocycles. The Morgan fingerprint density at radius 3 is 2.50 bits per heavy atom. The molecule has 42 heavy (non-hydrogen) atoms. The van der Waals surface area contributed by atoms with Crippen LogP contribution in [-0.4, -0.2) is 46.1 Å². The highest BCUT2D eigenvalue weighted by molar-refractivity contribution is 5.95. The molecule has 2 aromatic carbocycles. The number of nitrogens with one attached hydrogen (secondary N) is 2. The van der Waals surface area contributed by atoms with Crippen molar-refractivity contribution in [2.24, 2.45) is 0 Å². The van der Waals surface area contributed by atoms with E-state index in [-0.39, 0.29) is 29.6 Å². The summed E-state index contributed by atoms with van der Waals surface area (Å²) in [6.07, 6.45) is -1.27. The van der Waals surface area contributed by atoms with Gasteiger partial charge in [0, 0.05) is 41.8 Å². The lowest BCUT2D eigenvalue weighted by Gasteiger charge is -2.32. The average molecular weight is 583 g/mol. The van der Waals surface area contributed by atoms with E-state index in [0.717, 1.165) is 42.0 Å². The Morgan fingerprint density at radius 1 is 1.00 bits per heavy atom. The third-order valence-corrected chi connectivity index (χ3v) is 7.76. The zero-order chi connectivity index (χ0) is 30.2. The molecule has 2 amide bonds. The Bertz CT molecular complexity index is 1500. The number of ether oxygens (including phenoxy) is 1. The maximum Gasteiger partial charge on any atom is 0.433 e. The van der Waals surface area contributed by atoms with Crippen LogP contribution in [0.15, 0.2) is 42.5 Å². The van der Waals surface area contributed by atoms with Gasteiger partial charge in [0.25, 0.3) is 5.91 Å². The summed E-state index contributed by atoms with van der Waals surface area (Å²) >= 11 is 0. The van der Waals surface area contributed by atoms with E-state index in [1.165, 1.54) is 0 Å². The number of hydrogen-bond acceptors (Lipinski definition) is 5. The predicted octanol–water partition coefficient (Wildman–Crippen LogP) is 7.01. The van der Waals surface area contributed by atoms with Crippen molar-refractivity contribution in [1.29, 1.82) is 0 Å². The first-order chi connectivity index (χ1) is 19.7. The largest absolute Gasteiger partial charge is 0.444 e. The monoisotopic (exact) mass is 582 g/mol. The molecule has 2 aliphatic rings. The number of rotatable bonds is 4. The Balaban J connectivity index is 1.26. The van der Waals surface area contributed by atoms with E-state index in [2.05, 4.69) is 15.6 Å². The highest BCUT2D eigenvalue weighted by Gasteiger charge is 2.34. The van der Waals surface area contributed by atoms with Crippen LogP contribution in [0.1, 0.15) is 79.2 Å². The number of fused-ring (bicyclic) bond motifs is 2. The lowest BCUT2D eigenvalue weighted by Crippen LogP contribution is -2.42. The predicted molar refractivity (Wildman–Crippen MR) is 155 cm³/mol. The van der Waals surface area contributed by atoms with Gasteiger partial charge in [-0.2, -0.15) is 13.2 Å². The smallest absolute Gasteiger partial charge is 0.433 e. The number of amides is 2. The van der Waals surface area contributed by atoms with Crippen molar-refractivity contribution in [2.45, 2.75) is 90.2 Å². The van der Waals surface area contributed by atoms with Crippen molar-refractivity contribution in [3.8, 4) is 0 Å². The minimum atomic E-state index is -4.56. The highest BCUT2D eigenvalue weighted by Crippen LogP contribution is 2.35. The number of nitrogens with zero attached hydrogens (tertiary/aromatic N) is 2. The van der Waals surface area contributed by atoms with Gasteiger partial charge in [-0.25, -0.2) is 9.78 Å². The van der Waals surface area contributed by atoms with Crippen molar-refractivity contribution >= 4 is 28.6 Å². The van der Waals surface area contributed by atoms with Gasteiger partial charge in [-0.15, -0.1) is 0 Å². The van der Waals surface area contributed by atoms with Gasteiger partial charge in [0.15, 0.2) is 0 Å². The van der Waals surface area contributed by atoms with Crippen molar-refractivity contribution in [3.63, 3.8) is 0 Å². The summed E-state index contributed by atoms with van der Waals surface area (Å²) in [5, 5.41) is 7.11. The molecule has 2 N–H and O–H groups in total. The minimum Gasteiger partial charge on any atom is -0.444 e. The molecule has 0 bridgehead atoms. The molecule has 5 rings (SSSR count). The summed E-state index contributed by atoms with van der Waals surface area (Å²) in [5.41, 5.74) is 2.64. The summed E-state index contributed by atoms with van der Waals surface area (Å²) in [6, 6.07) is 11.6. The van der Waals surface area contributed by atoms with Crippen LogP contribution in [0.2, 0.25) is 0 Å². The van der Waals surface area contributed by atoms with Gasteiger partial charge >= 0.3 is 12.3 Å². The van der Waals surface area contributed by atoms with Crippen LogP contribution in [0.3, 0.4) is 0 Å². The number of pyridine rings is 1. The molecule has 0 spiro atoms. The van der Waals surface area contributed by atoms with Crippen LogP contribution < -0.4 is 10.6 Å². The number of halogens is 3. The van der Waals surface area contributed by atoms with Gasteiger partial charge in [0.05, 0.1) is 5.52 Å². The molecular weight excluding hydrogens is 545 g/mol. The molecule has 1 aliphatic carbocycles. The molecule has 0 unspecified atom stereocenters. The molecule has 1 aliphatic heterocycles. The van der Waals surface area contributed by atoms with Crippen molar-refractivity contribution in [1.82, 2.24) is 15.2 Å². The summed E-state index contributed by atoms with van der Waals surface area (Å²) in [4.78, 5) is 31.3. The number of carbonyl (C=O) groups excluding carboxylic acids is 2. The number of alkyl halides is 3. The van der Waals surface area contributed by atoms with Gasteiger partial charge in [0.2, 0.25) is 0 Å². The molecule has 7 nitrogen and oxygen atoms in total. The maximum absolute atomic E-state index is 13.6. The Morgan fingerprint density at radius 2 is 1.76 bits per heavy atom. The van der Waals surface area contributed by atoms with Gasteiger partial charge in [-0.1, -0.05) is 17.7 Å². The lowest BCUT2D eigenvalue weighted by atomic mass is 9.90. The second-order valence-electron chi connectivity index (χ2n) is 12.4. The zero-order valence-corrected chi connectivity index (χ0v) is 24.4. The Kier molecular flexibility index (Phi) is 8.09. The number of anilines is 1. The first kappa shape index (κ1) is 29.7. The van der Waals surface area contributed by atoms with Gasteiger partial charge in [-0.3, -0.25) is 4.79 Å². The van der Waals surface area contributed by atoms with Crippen LogP contribution in [0.25, 0.3) is 10.9 Å². The summed E-state index contributed by atoms with van der Waals surface area (Å²) in [6.45, 7) is 8.31. The first-order valence-electron chi connectivity index (χ1n) is 14.4. The van der Waals surface area contributed by atoms with Gasteiger partial charge in [0.1, 0.15) is 11.3 Å². The molecule has 10 heteroatoms. The number of aryl methyl sites for hydroxylation is 1. The maximum atomic E-state index is 13.6. The molecule has 1 aromatic heterocycles. The third-order valence-electron chi connectivity index (χ3n) is 7.76. The fourth-order valence-corrected chi connectivity index (χ4v) is 5.73. The minimum absolute atomic E-state index is 0.109. The molecule has 0 radical (unpaired) electrons. The van der Waals surface area contributed by atoms with E-state index >= 15 is 0 Å². The fourth-order valence-electron chi connectivity index (χ4n) is 5.73. The molecule has 3 aromatic rings. The number of carbonyl (C=O) groups is 2. The van der Waals surface area contributed by atoms with Crippen LogP contribution in [0.4, 0.5) is 23.7 Å². The first-order valence-corrected chi connectivity index (χ1v) is 14.4. The second-order valence-corrected chi connectivity index (χ2v) is 12.4.